The Morgan fingerprint density at radius 1 is 0.917 bits per heavy atom. The summed E-state index contributed by atoms with van der Waals surface area (Å²) in [5.74, 6) is 0.541. The monoisotopic (exact) mass is 314 g/mol. The van der Waals surface area contributed by atoms with E-state index in [0.717, 1.165) is 5.69 Å². The Hall–Kier alpha value is -3.47. The number of H-pyrrole nitrogens is 1. The summed E-state index contributed by atoms with van der Waals surface area (Å²) in [6.45, 7) is 0. The Morgan fingerprint density at radius 3 is 2.38 bits per heavy atom. The molecule has 0 spiro atoms. The van der Waals surface area contributed by atoms with Crippen molar-refractivity contribution in [3.05, 3.63) is 84.3 Å². The van der Waals surface area contributed by atoms with Crippen LogP contribution in [-0.4, -0.2) is 20.7 Å². The molecule has 0 bridgehead atoms. The molecule has 0 aliphatic rings. The average Bonchev–Trinajstić information content (AvgIpc) is 3.08. The first-order valence-corrected chi connectivity index (χ1v) is 7.57. The first kappa shape index (κ1) is 14.1. The molecule has 0 amide bonds. The second kappa shape index (κ2) is 5.96. The van der Waals surface area contributed by atoms with E-state index < -0.39 is 0 Å². The number of aromatic amines is 1. The highest BCUT2D eigenvalue weighted by Gasteiger charge is 2.18. The van der Waals surface area contributed by atoms with E-state index in [2.05, 4.69) is 20.3 Å². The van der Waals surface area contributed by atoms with Crippen LogP contribution >= 0.6 is 0 Å². The number of hydrogen-bond donors (Lipinski definition) is 2. The lowest BCUT2D eigenvalue weighted by Gasteiger charge is -2.07. The number of nitrogens with zero attached hydrogens (tertiary/aromatic N) is 2. The van der Waals surface area contributed by atoms with Gasteiger partial charge in [-0.25, -0.2) is 9.97 Å². The zero-order chi connectivity index (χ0) is 16.4. The van der Waals surface area contributed by atoms with Gasteiger partial charge in [0, 0.05) is 17.4 Å². The predicted octanol–water partition coefficient (Wildman–Crippen LogP) is 3.93. The molecule has 0 aliphatic heterocycles. The van der Waals surface area contributed by atoms with Gasteiger partial charge in [-0.15, -0.1) is 0 Å². The molecule has 0 radical (unpaired) electrons. The van der Waals surface area contributed by atoms with E-state index in [9.17, 15) is 4.79 Å². The fraction of sp³-hybridized carbons (Fsp3) is 0. The maximum atomic E-state index is 12.8. The summed E-state index contributed by atoms with van der Waals surface area (Å²) < 4.78 is 0. The number of benzene rings is 2. The van der Waals surface area contributed by atoms with Crippen molar-refractivity contribution >= 4 is 28.3 Å². The molecule has 0 unspecified atom stereocenters. The van der Waals surface area contributed by atoms with Crippen LogP contribution < -0.4 is 5.32 Å². The van der Waals surface area contributed by atoms with Crippen LogP contribution in [0.25, 0.3) is 11.0 Å². The highest BCUT2D eigenvalue weighted by atomic mass is 16.1. The molecule has 0 saturated carbocycles. The molecule has 5 heteroatoms. The lowest BCUT2D eigenvalue weighted by molar-refractivity contribution is 0.104. The number of fused-ring (bicyclic) bond motifs is 1. The van der Waals surface area contributed by atoms with Gasteiger partial charge in [0.2, 0.25) is 0 Å². The SMILES string of the molecule is O=C(c1ccccc1)c1c[nH]c2ncnc(Nc3ccccc3)c12. The van der Waals surface area contributed by atoms with Crippen molar-refractivity contribution in [2.75, 3.05) is 5.32 Å². The van der Waals surface area contributed by atoms with E-state index in [1.807, 2.05) is 48.5 Å². The van der Waals surface area contributed by atoms with Crippen molar-refractivity contribution in [3.63, 3.8) is 0 Å². The van der Waals surface area contributed by atoms with E-state index in [-0.39, 0.29) is 5.78 Å². The summed E-state index contributed by atoms with van der Waals surface area (Å²) in [5, 5.41) is 3.95. The topological polar surface area (TPSA) is 70.7 Å². The minimum Gasteiger partial charge on any atom is -0.345 e. The van der Waals surface area contributed by atoms with Crippen LogP contribution in [0.4, 0.5) is 11.5 Å². The number of para-hydroxylation sites is 1. The zero-order valence-electron chi connectivity index (χ0n) is 12.7. The van der Waals surface area contributed by atoms with Gasteiger partial charge in [0.15, 0.2) is 5.78 Å². The lowest BCUT2D eigenvalue weighted by Crippen LogP contribution is -2.02. The van der Waals surface area contributed by atoms with Crippen LogP contribution in [0.5, 0.6) is 0 Å². The lowest BCUT2D eigenvalue weighted by atomic mass is 10.0. The molecular weight excluding hydrogens is 300 g/mol. The van der Waals surface area contributed by atoms with E-state index in [4.69, 9.17) is 0 Å². The number of ketones is 1. The summed E-state index contributed by atoms with van der Waals surface area (Å²) in [5.41, 5.74) is 2.71. The number of nitrogens with one attached hydrogen (secondary N) is 2. The van der Waals surface area contributed by atoms with Crippen molar-refractivity contribution in [3.8, 4) is 0 Å². The summed E-state index contributed by atoms with van der Waals surface area (Å²) in [7, 11) is 0. The van der Waals surface area contributed by atoms with Crippen LogP contribution in [0.1, 0.15) is 15.9 Å². The molecule has 24 heavy (non-hydrogen) atoms. The number of aromatic nitrogens is 3. The number of carbonyl (C=O) groups excluding carboxylic acids is 1. The van der Waals surface area contributed by atoms with Gasteiger partial charge in [0.05, 0.1) is 10.9 Å². The van der Waals surface area contributed by atoms with Gasteiger partial charge in [-0.3, -0.25) is 4.79 Å². The van der Waals surface area contributed by atoms with E-state index in [0.29, 0.717) is 28.0 Å². The largest absolute Gasteiger partial charge is 0.345 e. The van der Waals surface area contributed by atoms with Crippen molar-refractivity contribution in [2.24, 2.45) is 0 Å². The van der Waals surface area contributed by atoms with E-state index >= 15 is 0 Å². The maximum absolute atomic E-state index is 12.8. The molecule has 0 atom stereocenters. The highest BCUT2D eigenvalue weighted by molar-refractivity contribution is 6.18. The Bertz CT molecular complexity index is 994. The molecule has 2 N–H and O–H groups in total. The molecule has 2 aromatic carbocycles. The Balaban J connectivity index is 1.82. The molecule has 2 heterocycles. The van der Waals surface area contributed by atoms with E-state index in [1.165, 1.54) is 6.33 Å². The maximum Gasteiger partial charge on any atom is 0.195 e. The minimum atomic E-state index is -0.0623. The second-order valence-electron chi connectivity index (χ2n) is 5.33. The molecule has 2 aromatic heterocycles. The van der Waals surface area contributed by atoms with Crippen LogP contribution in [0.2, 0.25) is 0 Å². The normalized spacial score (nSPS) is 10.7. The zero-order valence-corrected chi connectivity index (χ0v) is 12.7. The molecule has 116 valence electrons. The third kappa shape index (κ3) is 2.52. The number of hydrogen-bond acceptors (Lipinski definition) is 4. The van der Waals surface area contributed by atoms with Crippen LogP contribution in [0.15, 0.2) is 73.2 Å². The van der Waals surface area contributed by atoms with Crippen molar-refractivity contribution in [2.45, 2.75) is 0 Å². The Morgan fingerprint density at radius 2 is 1.62 bits per heavy atom. The number of rotatable bonds is 4. The third-order valence-corrected chi connectivity index (χ3v) is 3.79. The van der Waals surface area contributed by atoms with Crippen LogP contribution in [0, 0.1) is 0 Å². The van der Waals surface area contributed by atoms with Gasteiger partial charge >= 0.3 is 0 Å². The Kier molecular flexibility index (Phi) is 3.51. The van der Waals surface area contributed by atoms with Gasteiger partial charge in [-0.2, -0.15) is 0 Å². The molecule has 4 aromatic rings. The number of anilines is 2. The molecule has 5 nitrogen and oxygen atoms in total. The highest BCUT2D eigenvalue weighted by Crippen LogP contribution is 2.27. The molecule has 0 fully saturated rings. The van der Waals surface area contributed by atoms with Gasteiger partial charge in [0.25, 0.3) is 0 Å². The van der Waals surface area contributed by atoms with Crippen LogP contribution in [0.3, 0.4) is 0 Å². The first-order chi connectivity index (χ1) is 11.8. The standard InChI is InChI=1S/C19H14N4O/c24-17(13-7-3-1-4-8-13)15-11-20-18-16(15)19(22-12-21-18)23-14-9-5-2-6-10-14/h1-12H,(H2,20,21,22,23). The van der Waals surface area contributed by atoms with Gasteiger partial charge < -0.3 is 10.3 Å². The molecule has 0 saturated heterocycles. The van der Waals surface area contributed by atoms with Crippen molar-refractivity contribution in [1.82, 2.24) is 15.0 Å². The molecule has 0 aliphatic carbocycles. The van der Waals surface area contributed by atoms with Gasteiger partial charge in [0.1, 0.15) is 17.8 Å². The fourth-order valence-electron chi connectivity index (χ4n) is 2.64. The predicted molar refractivity (Wildman–Crippen MR) is 93.5 cm³/mol. The quantitative estimate of drug-likeness (QED) is 0.560. The van der Waals surface area contributed by atoms with Gasteiger partial charge in [-0.1, -0.05) is 48.5 Å². The van der Waals surface area contributed by atoms with Crippen LogP contribution in [-0.2, 0) is 0 Å². The van der Waals surface area contributed by atoms with Crippen molar-refractivity contribution < 1.29 is 4.79 Å². The molecular formula is C19H14N4O. The smallest absolute Gasteiger partial charge is 0.195 e. The second-order valence-corrected chi connectivity index (χ2v) is 5.33. The summed E-state index contributed by atoms with van der Waals surface area (Å²) in [4.78, 5) is 24.4. The Labute approximate surface area is 138 Å². The average molecular weight is 314 g/mol. The summed E-state index contributed by atoms with van der Waals surface area (Å²) >= 11 is 0. The number of carbonyl (C=O) groups is 1. The van der Waals surface area contributed by atoms with E-state index in [1.54, 1.807) is 18.3 Å². The fourth-order valence-corrected chi connectivity index (χ4v) is 2.64. The first-order valence-electron chi connectivity index (χ1n) is 7.57. The minimum absolute atomic E-state index is 0.0623. The van der Waals surface area contributed by atoms with Crippen molar-refractivity contribution in [1.29, 1.82) is 0 Å². The third-order valence-electron chi connectivity index (χ3n) is 3.79. The van der Waals surface area contributed by atoms with Gasteiger partial charge in [-0.05, 0) is 12.1 Å². The summed E-state index contributed by atoms with van der Waals surface area (Å²) in [6, 6.07) is 18.9. The molecule has 4 rings (SSSR count). The summed E-state index contributed by atoms with van der Waals surface area (Å²) in [6.07, 6.45) is 3.16.